The van der Waals surface area contributed by atoms with Crippen LogP contribution in [0.3, 0.4) is 0 Å². The molecule has 6 nitrogen and oxygen atoms in total. The van der Waals surface area contributed by atoms with Gasteiger partial charge in [0.05, 0.1) is 0 Å². The molecule has 0 saturated heterocycles. The molecule has 0 aromatic rings. The Hall–Kier alpha value is -2.89. The van der Waals surface area contributed by atoms with Gasteiger partial charge in [-0.3, -0.25) is 14.4 Å². The lowest BCUT2D eigenvalue weighted by molar-refractivity contribution is -0.167. The van der Waals surface area contributed by atoms with Crippen LogP contribution in [0.25, 0.3) is 0 Å². The lowest BCUT2D eigenvalue weighted by Crippen LogP contribution is -2.30. The average molecular weight is 1150 g/mol. The second-order valence-corrected chi connectivity index (χ2v) is 24.5. The van der Waals surface area contributed by atoms with Crippen molar-refractivity contribution >= 4 is 17.9 Å². The lowest BCUT2D eigenvalue weighted by atomic mass is 10.0. The first-order valence-corrected chi connectivity index (χ1v) is 36.3. The molecular formula is C76H138O6. The lowest BCUT2D eigenvalue weighted by Gasteiger charge is -2.18. The summed E-state index contributed by atoms with van der Waals surface area (Å²) in [5, 5.41) is 0. The number of rotatable bonds is 67. The molecule has 0 radical (unpaired) electrons. The highest BCUT2D eigenvalue weighted by molar-refractivity contribution is 5.71. The molecular weight excluding hydrogens is 1010 g/mol. The molecule has 0 aliphatic carbocycles. The van der Waals surface area contributed by atoms with E-state index in [9.17, 15) is 14.4 Å². The molecule has 0 heterocycles. The van der Waals surface area contributed by atoms with E-state index in [-0.39, 0.29) is 31.1 Å². The molecule has 82 heavy (non-hydrogen) atoms. The summed E-state index contributed by atoms with van der Waals surface area (Å²) in [6.07, 6.45) is 91.2. The SMILES string of the molecule is CC/C=C\C/C=C\C/C=C\C/C=C\C/C=C\CCCCCCCCCC(=O)OC(COC(=O)CCCCCCCCCCCCCCC)COC(=O)CCCCCCCCCCCCCCCCCCCCCCCCCCCCCC. The third-order valence-electron chi connectivity index (χ3n) is 16.3. The zero-order chi connectivity index (χ0) is 59.2. The van der Waals surface area contributed by atoms with Gasteiger partial charge in [-0.1, -0.05) is 364 Å². The fourth-order valence-electron chi connectivity index (χ4n) is 10.9. The van der Waals surface area contributed by atoms with E-state index in [1.807, 2.05) is 0 Å². The van der Waals surface area contributed by atoms with Gasteiger partial charge in [-0.2, -0.15) is 0 Å². The molecule has 0 saturated carbocycles. The van der Waals surface area contributed by atoms with Crippen molar-refractivity contribution in [3.8, 4) is 0 Å². The fourth-order valence-corrected chi connectivity index (χ4v) is 10.9. The van der Waals surface area contributed by atoms with E-state index in [2.05, 4.69) is 81.5 Å². The van der Waals surface area contributed by atoms with Crippen molar-refractivity contribution in [2.45, 2.75) is 393 Å². The standard InChI is InChI=1S/C76H138O6/c1-4-7-10-13-16-19-22-25-27-29-31-33-35-36-37-38-39-41-42-44-46-48-51-54-57-60-63-66-69-75(78)81-72-73(71-80-74(77)68-65-62-59-56-53-50-24-21-18-15-12-9-6-3)82-76(79)70-67-64-61-58-55-52-49-47-45-43-40-34-32-30-28-26-23-20-17-14-11-8-5-2/h8,11,17,20,26,28,32,34,43,45,73H,4-7,9-10,12-16,18-19,21-25,27,29-31,33,35-42,44,46-72H2,1-3H3/b11-8-,20-17-,28-26-,34-32-,45-43-. The van der Waals surface area contributed by atoms with Crippen LogP contribution >= 0.6 is 0 Å². The monoisotopic (exact) mass is 1150 g/mol. The van der Waals surface area contributed by atoms with Crippen molar-refractivity contribution in [3.05, 3.63) is 60.8 Å². The molecule has 0 aromatic carbocycles. The molecule has 0 rings (SSSR count). The van der Waals surface area contributed by atoms with Gasteiger partial charge in [0.1, 0.15) is 13.2 Å². The molecule has 1 atom stereocenters. The van der Waals surface area contributed by atoms with Crippen molar-refractivity contribution in [1.29, 1.82) is 0 Å². The van der Waals surface area contributed by atoms with E-state index in [0.29, 0.717) is 19.3 Å². The van der Waals surface area contributed by atoms with Crippen LogP contribution in [0.15, 0.2) is 60.8 Å². The minimum Gasteiger partial charge on any atom is -0.462 e. The Kier molecular flexibility index (Phi) is 68.1. The Morgan fingerprint density at radius 3 is 0.744 bits per heavy atom. The van der Waals surface area contributed by atoms with Crippen LogP contribution in [0, 0.1) is 0 Å². The van der Waals surface area contributed by atoms with Crippen molar-refractivity contribution in [2.24, 2.45) is 0 Å². The molecule has 0 bridgehead atoms. The Morgan fingerprint density at radius 1 is 0.256 bits per heavy atom. The number of unbranched alkanes of at least 4 members (excludes halogenated alkanes) is 46. The van der Waals surface area contributed by atoms with Crippen LogP contribution in [0.5, 0.6) is 0 Å². The number of hydrogen-bond donors (Lipinski definition) is 0. The molecule has 0 aromatic heterocycles. The summed E-state index contributed by atoms with van der Waals surface area (Å²) in [7, 11) is 0. The van der Waals surface area contributed by atoms with Crippen LogP contribution in [0.1, 0.15) is 387 Å². The number of esters is 3. The Labute approximate surface area is 510 Å². The zero-order valence-corrected chi connectivity index (χ0v) is 55.0. The van der Waals surface area contributed by atoms with Crippen LogP contribution in [0.4, 0.5) is 0 Å². The topological polar surface area (TPSA) is 78.9 Å². The van der Waals surface area contributed by atoms with E-state index in [0.717, 1.165) is 96.3 Å². The Balaban J connectivity index is 4.23. The quantitative estimate of drug-likeness (QED) is 0.0261. The van der Waals surface area contributed by atoms with Gasteiger partial charge < -0.3 is 14.2 Å². The highest BCUT2D eigenvalue weighted by atomic mass is 16.6. The van der Waals surface area contributed by atoms with E-state index < -0.39 is 6.10 Å². The van der Waals surface area contributed by atoms with Gasteiger partial charge in [-0.25, -0.2) is 0 Å². The van der Waals surface area contributed by atoms with Crippen LogP contribution in [0.2, 0.25) is 0 Å². The van der Waals surface area contributed by atoms with Crippen LogP contribution in [-0.2, 0) is 28.6 Å². The van der Waals surface area contributed by atoms with Gasteiger partial charge in [-0.15, -0.1) is 0 Å². The van der Waals surface area contributed by atoms with Crippen molar-refractivity contribution in [1.82, 2.24) is 0 Å². The predicted octanol–water partition coefficient (Wildman–Crippen LogP) is 25.1. The molecule has 0 aliphatic heterocycles. The van der Waals surface area contributed by atoms with Gasteiger partial charge >= 0.3 is 17.9 Å². The maximum atomic E-state index is 13.0. The van der Waals surface area contributed by atoms with E-state index in [4.69, 9.17) is 14.2 Å². The highest BCUT2D eigenvalue weighted by Crippen LogP contribution is 2.19. The number of allylic oxidation sites excluding steroid dienone is 10. The van der Waals surface area contributed by atoms with Crippen LogP contribution in [-0.4, -0.2) is 37.2 Å². The van der Waals surface area contributed by atoms with Gasteiger partial charge in [0, 0.05) is 19.3 Å². The summed E-state index contributed by atoms with van der Waals surface area (Å²) in [5.74, 6) is -0.859. The highest BCUT2D eigenvalue weighted by Gasteiger charge is 2.19. The first-order chi connectivity index (χ1) is 40.5. The Bertz CT molecular complexity index is 1460. The summed E-state index contributed by atoms with van der Waals surface area (Å²) < 4.78 is 17.0. The van der Waals surface area contributed by atoms with Crippen molar-refractivity contribution < 1.29 is 28.6 Å². The molecule has 0 fully saturated rings. The first-order valence-electron chi connectivity index (χ1n) is 36.3. The average Bonchev–Trinajstić information content (AvgIpc) is 3.47. The number of ether oxygens (including phenoxy) is 3. The third kappa shape index (κ3) is 67.9. The molecule has 0 N–H and O–H groups in total. The second kappa shape index (κ2) is 70.6. The van der Waals surface area contributed by atoms with Gasteiger partial charge in [0.25, 0.3) is 0 Å². The molecule has 0 aliphatic rings. The maximum Gasteiger partial charge on any atom is 0.306 e. The third-order valence-corrected chi connectivity index (χ3v) is 16.3. The fraction of sp³-hybridized carbons (Fsp3) is 0.829. The summed E-state index contributed by atoms with van der Waals surface area (Å²) in [6, 6.07) is 0. The van der Waals surface area contributed by atoms with Gasteiger partial charge in [0.15, 0.2) is 6.10 Å². The number of hydrogen-bond acceptors (Lipinski definition) is 6. The molecule has 6 heteroatoms. The van der Waals surface area contributed by atoms with Crippen LogP contribution < -0.4 is 0 Å². The van der Waals surface area contributed by atoms with Gasteiger partial charge in [0.2, 0.25) is 0 Å². The largest absolute Gasteiger partial charge is 0.462 e. The summed E-state index contributed by atoms with van der Waals surface area (Å²) in [6.45, 7) is 6.59. The molecule has 0 amide bonds. The zero-order valence-electron chi connectivity index (χ0n) is 55.0. The second-order valence-electron chi connectivity index (χ2n) is 24.5. The minimum absolute atomic E-state index is 0.0737. The summed E-state index contributed by atoms with van der Waals surface area (Å²) in [4.78, 5) is 38.4. The van der Waals surface area contributed by atoms with E-state index >= 15 is 0 Å². The number of carbonyl (C=O) groups excluding carboxylic acids is 3. The molecule has 0 spiro atoms. The number of carbonyl (C=O) groups is 3. The summed E-state index contributed by atoms with van der Waals surface area (Å²) in [5.41, 5.74) is 0. The van der Waals surface area contributed by atoms with Gasteiger partial charge in [-0.05, 0) is 64.2 Å². The smallest absolute Gasteiger partial charge is 0.306 e. The first kappa shape index (κ1) is 79.1. The van der Waals surface area contributed by atoms with E-state index in [1.54, 1.807) is 0 Å². The Morgan fingerprint density at radius 2 is 0.476 bits per heavy atom. The maximum absolute atomic E-state index is 13.0. The minimum atomic E-state index is -0.779. The van der Waals surface area contributed by atoms with E-state index in [1.165, 1.54) is 250 Å². The molecule has 1 unspecified atom stereocenters. The predicted molar refractivity (Wildman–Crippen MR) is 358 cm³/mol. The van der Waals surface area contributed by atoms with Crippen molar-refractivity contribution in [2.75, 3.05) is 13.2 Å². The van der Waals surface area contributed by atoms with Crippen molar-refractivity contribution in [3.63, 3.8) is 0 Å². The normalized spacial score (nSPS) is 12.4. The summed E-state index contributed by atoms with van der Waals surface area (Å²) >= 11 is 0. The molecule has 478 valence electrons.